The van der Waals surface area contributed by atoms with Crippen LogP contribution < -0.4 is 5.32 Å². The monoisotopic (exact) mass is 251 g/mol. The highest BCUT2D eigenvalue weighted by molar-refractivity contribution is 5.78. The van der Waals surface area contributed by atoms with Crippen LogP contribution >= 0.6 is 0 Å². The van der Waals surface area contributed by atoms with Gasteiger partial charge in [-0.1, -0.05) is 13.8 Å². The summed E-state index contributed by atoms with van der Waals surface area (Å²) in [5.41, 5.74) is -0.925. The molecule has 5 nitrogen and oxygen atoms in total. The molecule has 2 rings (SSSR count). The molecule has 18 heavy (non-hydrogen) atoms. The number of imidazole rings is 1. The molecular formula is C13H21N3O2. The van der Waals surface area contributed by atoms with Crippen LogP contribution in [0.1, 0.15) is 45.4 Å². The number of hydrogen-bond donors (Lipinski definition) is 2. The number of hydrogen-bond acceptors (Lipinski definition) is 3. The Morgan fingerprint density at radius 3 is 2.83 bits per heavy atom. The number of carboxylic acids is 1. The lowest BCUT2D eigenvalue weighted by Crippen LogP contribution is -2.53. The van der Waals surface area contributed by atoms with E-state index >= 15 is 0 Å². The molecule has 1 aliphatic carbocycles. The van der Waals surface area contributed by atoms with E-state index in [0.29, 0.717) is 18.5 Å². The van der Waals surface area contributed by atoms with Crippen molar-refractivity contribution in [1.82, 2.24) is 14.9 Å². The summed E-state index contributed by atoms with van der Waals surface area (Å²) in [6, 6.07) is 0.358. The summed E-state index contributed by atoms with van der Waals surface area (Å²) in [5.74, 6) is 0.414. The molecule has 0 radical (unpaired) electrons. The summed E-state index contributed by atoms with van der Waals surface area (Å²) < 4.78 is 1.94. The Balaban J connectivity index is 2.17. The second-order valence-corrected chi connectivity index (χ2v) is 5.62. The van der Waals surface area contributed by atoms with Gasteiger partial charge in [-0.2, -0.15) is 0 Å². The first kappa shape index (κ1) is 13.1. The Morgan fingerprint density at radius 2 is 2.33 bits per heavy atom. The second-order valence-electron chi connectivity index (χ2n) is 5.62. The van der Waals surface area contributed by atoms with Gasteiger partial charge in [0.05, 0.1) is 6.54 Å². The summed E-state index contributed by atoms with van der Waals surface area (Å²) in [6.45, 7) is 6.28. The fraction of sp³-hybridized carbons (Fsp3) is 0.692. The van der Waals surface area contributed by atoms with Gasteiger partial charge in [-0.3, -0.25) is 10.1 Å². The van der Waals surface area contributed by atoms with Crippen molar-refractivity contribution in [2.75, 3.05) is 0 Å². The predicted molar refractivity (Wildman–Crippen MR) is 68.5 cm³/mol. The van der Waals surface area contributed by atoms with Crippen LogP contribution in [-0.2, 0) is 11.3 Å². The van der Waals surface area contributed by atoms with Crippen molar-refractivity contribution < 1.29 is 9.90 Å². The zero-order chi connectivity index (χ0) is 13.3. The third-order valence-corrected chi connectivity index (χ3v) is 3.32. The molecule has 0 saturated heterocycles. The molecule has 1 heterocycles. The quantitative estimate of drug-likeness (QED) is 0.806. The number of carbonyl (C=O) groups is 1. The smallest absolute Gasteiger partial charge is 0.325 e. The number of nitrogens with zero attached hydrogens (tertiary/aromatic N) is 2. The van der Waals surface area contributed by atoms with E-state index in [0.717, 1.165) is 18.7 Å². The fourth-order valence-corrected chi connectivity index (χ4v) is 2.15. The van der Waals surface area contributed by atoms with E-state index in [2.05, 4.69) is 24.1 Å². The number of aliphatic carboxylic acids is 1. The van der Waals surface area contributed by atoms with Crippen molar-refractivity contribution in [3.05, 3.63) is 18.2 Å². The molecule has 0 aromatic carbocycles. The zero-order valence-electron chi connectivity index (χ0n) is 11.2. The second kappa shape index (κ2) is 4.72. The van der Waals surface area contributed by atoms with E-state index in [-0.39, 0.29) is 0 Å². The van der Waals surface area contributed by atoms with Crippen molar-refractivity contribution in [3.8, 4) is 0 Å². The topological polar surface area (TPSA) is 67.2 Å². The van der Waals surface area contributed by atoms with Gasteiger partial charge in [0, 0.05) is 24.4 Å². The van der Waals surface area contributed by atoms with Gasteiger partial charge < -0.3 is 9.67 Å². The zero-order valence-corrected chi connectivity index (χ0v) is 11.2. The first-order chi connectivity index (χ1) is 8.42. The maximum absolute atomic E-state index is 11.5. The molecule has 1 aromatic heterocycles. The lowest BCUT2D eigenvalue weighted by atomic mass is 10.0. The van der Waals surface area contributed by atoms with Gasteiger partial charge in [-0.15, -0.1) is 0 Å². The molecule has 2 N–H and O–H groups in total. The van der Waals surface area contributed by atoms with Gasteiger partial charge in [0.2, 0.25) is 0 Å². The molecule has 1 aliphatic rings. The van der Waals surface area contributed by atoms with Crippen LogP contribution in [0.3, 0.4) is 0 Å². The van der Waals surface area contributed by atoms with Crippen molar-refractivity contribution in [2.24, 2.45) is 0 Å². The van der Waals surface area contributed by atoms with Gasteiger partial charge in [0.15, 0.2) is 0 Å². The highest BCUT2D eigenvalue weighted by Crippen LogP contribution is 2.24. The molecule has 0 spiro atoms. The summed E-state index contributed by atoms with van der Waals surface area (Å²) >= 11 is 0. The Kier molecular flexibility index (Phi) is 3.43. The maximum atomic E-state index is 11.5. The van der Waals surface area contributed by atoms with Crippen LogP contribution in [0.2, 0.25) is 0 Å². The molecule has 1 atom stereocenters. The Labute approximate surface area is 107 Å². The summed E-state index contributed by atoms with van der Waals surface area (Å²) in [4.78, 5) is 15.8. The number of nitrogens with one attached hydrogen (secondary N) is 1. The van der Waals surface area contributed by atoms with Crippen LogP contribution in [-0.4, -0.2) is 32.2 Å². The minimum atomic E-state index is -0.925. The van der Waals surface area contributed by atoms with Crippen molar-refractivity contribution in [3.63, 3.8) is 0 Å². The lowest BCUT2D eigenvalue weighted by Gasteiger charge is -2.28. The highest BCUT2D eigenvalue weighted by Gasteiger charge is 2.39. The van der Waals surface area contributed by atoms with E-state index in [1.54, 1.807) is 13.1 Å². The standard InChI is InChI=1S/C13H21N3O2/c1-9(2)11-14-6-7-16(11)8-13(3,12(17)18)15-10-4-5-10/h6-7,9-10,15H,4-5,8H2,1-3H3,(H,17,18). The SMILES string of the molecule is CC(C)c1nccn1CC(C)(NC1CC1)C(=O)O. The maximum Gasteiger partial charge on any atom is 0.325 e. The van der Waals surface area contributed by atoms with E-state index in [1.165, 1.54) is 0 Å². The average molecular weight is 251 g/mol. The molecule has 0 bridgehead atoms. The Hall–Kier alpha value is -1.36. The Morgan fingerprint density at radius 1 is 1.67 bits per heavy atom. The van der Waals surface area contributed by atoms with E-state index in [4.69, 9.17) is 0 Å². The number of carboxylic acid groups (broad SMARTS) is 1. The van der Waals surface area contributed by atoms with Gasteiger partial charge in [0.25, 0.3) is 0 Å². The third-order valence-electron chi connectivity index (χ3n) is 3.32. The largest absolute Gasteiger partial charge is 0.480 e. The van der Waals surface area contributed by atoms with Gasteiger partial charge >= 0.3 is 5.97 Å². The average Bonchev–Trinajstić information content (AvgIpc) is 2.94. The van der Waals surface area contributed by atoms with E-state index in [9.17, 15) is 9.90 Å². The summed E-state index contributed by atoms with van der Waals surface area (Å²) in [5, 5.41) is 12.7. The van der Waals surface area contributed by atoms with Crippen molar-refractivity contribution in [1.29, 1.82) is 0 Å². The molecular weight excluding hydrogens is 230 g/mol. The Bertz CT molecular complexity index is 437. The van der Waals surface area contributed by atoms with Crippen molar-refractivity contribution >= 4 is 5.97 Å². The molecule has 1 fully saturated rings. The molecule has 1 unspecified atom stereocenters. The van der Waals surface area contributed by atoms with Crippen LogP contribution in [0, 0.1) is 0 Å². The molecule has 5 heteroatoms. The summed E-state index contributed by atoms with van der Waals surface area (Å²) in [7, 11) is 0. The predicted octanol–water partition coefficient (Wildman–Crippen LogP) is 1.60. The van der Waals surface area contributed by atoms with E-state index in [1.807, 2.05) is 10.8 Å². The van der Waals surface area contributed by atoms with Gasteiger partial charge in [-0.05, 0) is 19.8 Å². The summed E-state index contributed by atoms with van der Waals surface area (Å²) in [6.07, 6.45) is 5.73. The molecule has 1 saturated carbocycles. The van der Waals surface area contributed by atoms with Crippen LogP contribution in [0.5, 0.6) is 0 Å². The first-order valence-corrected chi connectivity index (χ1v) is 6.44. The minimum absolute atomic E-state index is 0.291. The van der Waals surface area contributed by atoms with Gasteiger partial charge in [0.1, 0.15) is 11.4 Å². The molecule has 100 valence electrons. The van der Waals surface area contributed by atoms with Gasteiger partial charge in [-0.25, -0.2) is 4.98 Å². The molecule has 0 aliphatic heterocycles. The first-order valence-electron chi connectivity index (χ1n) is 6.44. The van der Waals surface area contributed by atoms with Crippen LogP contribution in [0.4, 0.5) is 0 Å². The third kappa shape index (κ3) is 2.72. The normalized spacial score (nSPS) is 18.9. The number of rotatable bonds is 6. The molecule has 1 aromatic rings. The molecule has 0 amide bonds. The fourth-order valence-electron chi connectivity index (χ4n) is 2.15. The lowest BCUT2D eigenvalue weighted by molar-refractivity contribution is -0.144. The van der Waals surface area contributed by atoms with Crippen LogP contribution in [0.25, 0.3) is 0 Å². The van der Waals surface area contributed by atoms with Crippen LogP contribution in [0.15, 0.2) is 12.4 Å². The highest BCUT2D eigenvalue weighted by atomic mass is 16.4. The number of aromatic nitrogens is 2. The van der Waals surface area contributed by atoms with E-state index < -0.39 is 11.5 Å². The minimum Gasteiger partial charge on any atom is -0.480 e. The van der Waals surface area contributed by atoms with Crippen molar-refractivity contribution in [2.45, 2.75) is 57.7 Å².